The van der Waals surface area contributed by atoms with E-state index in [1.807, 2.05) is 88.5 Å². The molecule has 0 atom stereocenters. The second-order valence-corrected chi connectivity index (χ2v) is 9.40. The van der Waals surface area contributed by atoms with Crippen LogP contribution < -0.4 is 10.6 Å². The standard InChI is InChI=1S/C26H24N8/c1-2-5-20(6-3-1)33-15-18(13-29-33)21-9-10-25-28-14-23(34(25)32-21)22-7-4-8-24(31-22)30-19-11-26(12-19)16-27-17-26/h1-10,13-15,19,27H,11-12,16-17H2,(H,30,31). The average Bonchev–Trinajstić information content (AvgIpc) is 3.48. The molecular weight excluding hydrogens is 424 g/mol. The van der Waals surface area contributed by atoms with E-state index in [0.717, 1.165) is 52.9 Å². The normalized spacial score (nSPS) is 16.9. The van der Waals surface area contributed by atoms with E-state index < -0.39 is 0 Å². The summed E-state index contributed by atoms with van der Waals surface area (Å²) in [6, 6.07) is 20.6. The molecule has 0 radical (unpaired) electrons. The fourth-order valence-electron chi connectivity index (χ4n) is 5.10. The molecule has 2 N–H and O–H groups in total. The van der Waals surface area contributed by atoms with E-state index in [9.17, 15) is 0 Å². The van der Waals surface area contributed by atoms with Gasteiger partial charge in [0.15, 0.2) is 5.65 Å². The van der Waals surface area contributed by atoms with Gasteiger partial charge in [0, 0.05) is 30.9 Å². The fraction of sp³-hybridized carbons (Fsp3) is 0.231. The first kappa shape index (κ1) is 19.4. The van der Waals surface area contributed by atoms with Crippen LogP contribution in [0, 0.1) is 5.41 Å². The molecule has 1 spiro atoms. The van der Waals surface area contributed by atoms with Gasteiger partial charge in [0.1, 0.15) is 11.5 Å². The largest absolute Gasteiger partial charge is 0.367 e. The number of anilines is 1. The Morgan fingerprint density at radius 3 is 2.62 bits per heavy atom. The predicted octanol–water partition coefficient (Wildman–Crippen LogP) is 3.81. The van der Waals surface area contributed by atoms with Gasteiger partial charge < -0.3 is 10.6 Å². The summed E-state index contributed by atoms with van der Waals surface area (Å²) in [4.78, 5) is 9.43. The highest BCUT2D eigenvalue weighted by Gasteiger charge is 2.48. The molecule has 168 valence electrons. The van der Waals surface area contributed by atoms with Crippen LogP contribution in [0.25, 0.3) is 34.0 Å². The topological polar surface area (TPSA) is 85.0 Å². The molecule has 5 aromatic rings. The first-order valence-corrected chi connectivity index (χ1v) is 11.6. The van der Waals surface area contributed by atoms with Crippen LogP contribution in [0.3, 0.4) is 0 Å². The molecule has 2 fully saturated rings. The van der Waals surface area contributed by atoms with Crippen LogP contribution in [-0.2, 0) is 0 Å². The summed E-state index contributed by atoms with van der Waals surface area (Å²) in [6.45, 7) is 2.30. The lowest BCUT2D eigenvalue weighted by atomic mass is 9.62. The molecule has 34 heavy (non-hydrogen) atoms. The van der Waals surface area contributed by atoms with E-state index in [0.29, 0.717) is 11.5 Å². The molecular formula is C26H24N8. The zero-order valence-corrected chi connectivity index (χ0v) is 18.6. The SMILES string of the molecule is c1ccc(-n2cc(-c3ccc4ncc(-c5cccc(NC6CC7(CNC7)C6)n5)n4n3)cn2)cc1. The van der Waals surface area contributed by atoms with Crippen LogP contribution in [0.1, 0.15) is 12.8 Å². The molecule has 7 rings (SSSR count). The van der Waals surface area contributed by atoms with Crippen molar-refractivity contribution in [3.63, 3.8) is 0 Å². The maximum Gasteiger partial charge on any atom is 0.154 e. The van der Waals surface area contributed by atoms with Gasteiger partial charge in [0.25, 0.3) is 0 Å². The highest BCUT2D eigenvalue weighted by Crippen LogP contribution is 2.45. The predicted molar refractivity (Wildman–Crippen MR) is 131 cm³/mol. The third-order valence-corrected chi connectivity index (χ3v) is 6.98. The van der Waals surface area contributed by atoms with Crippen molar-refractivity contribution < 1.29 is 0 Å². The molecule has 8 nitrogen and oxygen atoms in total. The summed E-state index contributed by atoms with van der Waals surface area (Å²) in [5, 5.41) is 16.4. The zero-order valence-electron chi connectivity index (χ0n) is 18.6. The van der Waals surface area contributed by atoms with Gasteiger partial charge in [0.05, 0.1) is 29.5 Å². The van der Waals surface area contributed by atoms with Gasteiger partial charge in [-0.05, 0) is 54.7 Å². The number of hydrogen-bond acceptors (Lipinski definition) is 6. The number of benzene rings is 1. The van der Waals surface area contributed by atoms with Crippen LogP contribution in [-0.4, -0.2) is 48.5 Å². The number of nitrogens with zero attached hydrogens (tertiary/aromatic N) is 6. The van der Waals surface area contributed by atoms with Crippen molar-refractivity contribution in [2.75, 3.05) is 18.4 Å². The molecule has 0 bridgehead atoms. The minimum Gasteiger partial charge on any atom is -0.367 e. The Hall–Kier alpha value is -4.04. The second kappa shape index (κ2) is 7.50. The number of para-hydroxylation sites is 1. The van der Waals surface area contributed by atoms with Crippen LogP contribution >= 0.6 is 0 Å². The van der Waals surface area contributed by atoms with Crippen LogP contribution in [0.4, 0.5) is 5.82 Å². The van der Waals surface area contributed by atoms with E-state index in [1.165, 1.54) is 12.8 Å². The number of nitrogens with one attached hydrogen (secondary N) is 2. The van der Waals surface area contributed by atoms with Gasteiger partial charge in [-0.15, -0.1) is 0 Å². The second-order valence-electron chi connectivity index (χ2n) is 9.40. The van der Waals surface area contributed by atoms with Gasteiger partial charge in [-0.25, -0.2) is 19.2 Å². The van der Waals surface area contributed by atoms with Gasteiger partial charge in [-0.3, -0.25) is 0 Å². The summed E-state index contributed by atoms with van der Waals surface area (Å²) in [6.07, 6.45) is 8.09. The van der Waals surface area contributed by atoms with Gasteiger partial charge >= 0.3 is 0 Å². The molecule has 1 aliphatic heterocycles. The molecule has 5 heterocycles. The molecule has 8 heteroatoms. The van der Waals surface area contributed by atoms with Gasteiger partial charge in [-0.1, -0.05) is 24.3 Å². The summed E-state index contributed by atoms with van der Waals surface area (Å²) >= 11 is 0. The van der Waals surface area contributed by atoms with Crippen molar-refractivity contribution in [3.8, 4) is 28.3 Å². The van der Waals surface area contributed by atoms with Crippen molar-refractivity contribution in [2.45, 2.75) is 18.9 Å². The van der Waals surface area contributed by atoms with Gasteiger partial charge in [0.2, 0.25) is 0 Å². The van der Waals surface area contributed by atoms with E-state index in [1.54, 1.807) is 0 Å². The van der Waals surface area contributed by atoms with Gasteiger partial charge in [-0.2, -0.15) is 10.2 Å². The maximum absolute atomic E-state index is 4.88. The van der Waals surface area contributed by atoms with Crippen molar-refractivity contribution in [3.05, 3.63) is 79.3 Å². The minimum absolute atomic E-state index is 0.498. The maximum atomic E-state index is 4.88. The third-order valence-electron chi connectivity index (χ3n) is 6.98. The number of pyridine rings is 1. The Bertz CT molecular complexity index is 1470. The summed E-state index contributed by atoms with van der Waals surface area (Å²) in [5.41, 5.74) is 5.82. The quantitative estimate of drug-likeness (QED) is 0.425. The lowest BCUT2D eigenvalue weighted by Gasteiger charge is -2.54. The number of imidazole rings is 1. The summed E-state index contributed by atoms with van der Waals surface area (Å²) in [5.74, 6) is 0.903. The first-order chi connectivity index (χ1) is 16.7. The van der Waals surface area contributed by atoms with Crippen molar-refractivity contribution in [1.29, 1.82) is 0 Å². The smallest absolute Gasteiger partial charge is 0.154 e. The monoisotopic (exact) mass is 448 g/mol. The summed E-state index contributed by atoms with van der Waals surface area (Å²) in [7, 11) is 0. The molecule has 1 saturated carbocycles. The lowest BCUT2D eigenvalue weighted by molar-refractivity contribution is 0.0469. The Balaban J connectivity index is 1.18. The number of hydrogen-bond donors (Lipinski definition) is 2. The molecule has 1 aromatic carbocycles. The minimum atomic E-state index is 0.498. The van der Waals surface area contributed by atoms with E-state index >= 15 is 0 Å². The van der Waals surface area contributed by atoms with Crippen molar-refractivity contribution >= 4 is 11.5 Å². The Morgan fingerprint density at radius 2 is 1.79 bits per heavy atom. The average molecular weight is 449 g/mol. The van der Waals surface area contributed by atoms with Crippen molar-refractivity contribution in [1.82, 2.24) is 34.7 Å². The number of fused-ring (bicyclic) bond motifs is 1. The number of aromatic nitrogens is 6. The van der Waals surface area contributed by atoms with E-state index in [-0.39, 0.29) is 0 Å². The first-order valence-electron chi connectivity index (χ1n) is 11.6. The molecule has 1 saturated heterocycles. The molecule has 0 unspecified atom stereocenters. The highest BCUT2D eigenvalue weighted by molar-refractivity contribution is 5.64. The lowest BCUT2D eigenvalue weighted by Crippen LogP contribution is -2.63. The Morgan fingerprint density at radius 1 is 0.912 bits per heavy atom. The van der Waals surface area contributed by atoms with Crippen LogP contribution in [0.15, 0.2) is 79.3 Å². The molecule has 0 amide bonds. The van der Waals surface area contributed by atoms with Crippen molar-refractivity contribution in [2.24, 2.45) is 5.41 Å². The summed E-state index contributed by atoms with van der Waals surface area (Å²) < 4.78 is 3.72. The zero-order chi connectivity index (χ0) is 22.5. The molecule has 1 aliphatic carbocycles. The van der Waals surface area contributed by atoms with Crippen LogP contribution in [0.2, 0.25) is 0 Å². The Labute approximate surface area is 196 Å². The van der Waals surface area contributed by atoms with E-state index in [2.05, 4.69) is 20.7 Å². The molecule has 2 aliphatic rings. The van der Waals surface area contributed by atoms with Crippen LogP contribution in [0.5, 0.6) is 0 Å². The Kier molecular flexibility index (Phi) is 4.28. The highest BCUT2D eigenvalue weighted by atomic mass is 15.3. The fourth-order valence-corrected chi connectivity index (χ4v) is 5.10. The third kappa shape index (κ3) is 3.26. The number of rotatable bonds is 5. The van der Waals surface area contributed by atoms with E-state index in [4.69, 9.17) is 10.1 Å². The molecule has 4 aromatic heterocycles.